The molecule has 80 valence electrons. The third-order valence-electron chi connectivity index (χ3n) is 2.58. The first kappa shape index (κ1) is 11.6. The van der Waals surface area contributed by atoms with E-state index in [2.05, 4.69) is 32.0 Å². The Morgan fingerprint density at radius 2 is 2.07 bits per heavy atom. The summed E-state index contributed by atoms with van der Waals surface area (Å²) in [5.41, 5.74) is 3.33. The lowest BCUT2D eigenvalue weighted by Gasteiger charge is -2.16. The Balaban J connectivity index is 3.36. The first-order valence-corrected chi connectivity index (χ1v) is 5.15. The number of aryl methyl sites for hydroxylation is 1. The zero-order valence-electron chi connectivity index (χ0n) is 9.79. The predicted octanol–water partition coefficient (Wildman–Crippen LogP) is 3.19. The van der Waals surface area contributed by atoms with Gasteiger partial charge in [-0.2, -0.15) is 5.26 Å². The van der Waals surface area contributed by atoms with Crippen molar-refractivity contribution in [3.8, 4) is 11.8 Å². The number of hydrogen-bond acceptors (Lipinski definition) is 2. The van der Waals surface area contributed by atoms with E-state index in [4.69, 9.17) is 10.00 Å². The standard InChI is InChI=1S/C13H17NO/c1-9(2)11-6-5-10(3)13(15-4)12(11)7-8-14/h5-6,9H,7H2,1-4H3. The van der Waals surface area contributed by atoms with Crippen LogP contribution in [0.2, 0.25) is 0 Å². The first-order valence-electron chi connectivity index (χ1n) is 5.15. The lowest BCUT2D eigenvalue weighted by atomic mass is 9.93. The van der Waals surface area contributed by atoms with Crippen molar-refractivity contribution < 1.29 is 4.74 Å². The summed E-state index contributed by atoms with van der Waals surface area (Å²) < 4.78 is 5.37. The highest BCUT2D eigenvalue weighted by Gasteiger charge is 2.13. The van der Waals surface area contributed by atoms with Crippen LogP contribution in [0.15, 0.2) is 12.1 Å². The van der Waals surface area contributed by atoms with Crippen LogP contribution in [0.3, 0.4) is 0 Å². The van der Waals surface area contributed by atoms with Crippen LogP contribution in [0, 0.1) is 18.3 Å². The summed E-state index contributed by atoms with van der Waals surface area (Å²) in [7, 11) is 1.66. The molecule has 0 bridgehead atoms. The number of methoxy groups -OCH3 is 1. The average molecular weight is 203 g/mol. The first-order chi connectivity index (χ1) is 7.11. The Labute approximate surface area is 91.5 Å². The molecule has 1 rings (SSSR count). The number of nitriles is 1. The molecule has 0 spiro atoms. The second-order valence-corrected chi connectivity index (χ2v) is 3.97. The number of rotatable bonds is 3. The molecule has 0 N–H and O–H groups in total. The molecule has 1 aromatic carbocycles. The zero-order chi connectivity index (χ0) is 11.4. The van der Waals surface area contributed by atoms with Gasteiger partial charge in [0, 0.05) is 5.56 Å². The average Bonchev–Trinajstić information content (AvgIpc) is 2.18. The number of benzene rings is 1. The topological polar surface area (TPSA) is 33.0 Å². The summed E-state index contributed by atoms with van der Waals surface area (Å²) in [6, 6.07) is 6.34. The second-order valence-electron chi connectivity index (χ2n) is 3.97. The van der Waals surface area contributed by atoms with Gasteiger partial charge in [0.1, 0.15) is 5.75 Å². The highest BCUT2D eigenvalue weighted by Crippen LogP contribution is 2.31. The molecule has 0 fully saturated rings. The van der Waals surface area contributed by atoms with Crippen LogP contribution in [-0.2, 0) is 6.42 Å². The number of ether oxygens (including phenoxy) is 1. The summed E-state index contributed by atoms with van der Waals surface area (Å²) in [6.45, 7) is 6.26. The molecule has 0 aromatic heterocycles. The Morgan fingerprint density at radius 1 is 1.40 bits per heavy atom. The minimum absolute atomic E-state index is 0.415. The van der Waals surface area contributed by atoms with Crippen LogP contribution in [0.1, 0.15) is 36.5 Å². The van der Waals surface area contributed by atoms with Crippen LogP contribution in [-0.4, -0.2) is 7.11 Å². The van der Waals surface area contributed by atoms with Gasteiger partial charge >= 0.3 is 0 Å². The second kappa shape index (κ2) is 4.84. The van der Waals surface area contributed by atoms with Crippen molar-refractivity contribution in [1.29, 1.82) is 5.26 Å². The molecule has 0 amide bonds. The fraction of sp³-hybridized carbons (Fsp3) is 0.462. The van der Waals surface area contributed by atoms with Crippen LogP contribution in [0.25, 0.3) is 0 Å². The van der Waals surface area contributed by atoms with Gasteiger partial charge in [-0.05, 0) is 24.0 Å². The largest absolute Gasteiger partial charge is 0.496 e. The van der Waals surface area contributed by atoms with E-state index in [0.29, 0.717) is 12.3 Å². The van der Waals surface area contributed by atoms with Crippen LogP contribution < -0.4 is 4.74 Å². The van der Waals surface area contributed by atoms with Crippen LogP contribution >= 0.6 is 0 Å². The molecule has 1 aromatic rings. The maximum Gasteiger partial charge on any atom is 0.126 e. The normalized spacial score (nSPS) is 10.1. The molecule has 0 saturated heterocycles. The maximum atomic E-state index is 8.83. The SMILES string of the molecule is COc1c(C)ccc(C(C)C)c1CC#N. The number of hydrogen-bond donors (Lipinski definition) is 0. The lowest BCUT2D eigenvalue weighted by molar-refractivity contribution is 0.406. The summed E-state index contributed by atoms with van der Waals surface area (Å²) in [5.74, 6) is 1.28. The molecular weight excluding hydrogens is 186 g/mol. The van der Waals surface area contributed by atoms with Gasteiger partial charge in [0.2, 0.25) is 0 Å². The van der Waals surface area contributed by atoms with Gasteiger partial charge in [-0.25, -0.2) is 0 Å². The fourth-order valence-corrected chi connectivity index (χ4v) is 1.85. The zero-order valence-corrected chi connectivity index (χ0v) is 9.79. The lowest BCUT2D eigenvalue weighted by Crippen LogP contribution is -2.01. The summed E-state index contributed by atoms with van der Waals surface area (Å²) >= 11 is 0. The van der Waals surface area contributed by atoms with Crippen molar-refractivity contribution in [2.75, 3.05) is 7.11 Å². The van der Waals surface area contributed by atoms with E-state index in [1.165, 1.54) is 5.56 Å². The van der Waals surface area contributed by atoms with Crippen LogP contribution in [0.4, 0.5) is 0 Å². The van der Waals surface area contributed by atoms with Crippen molar-refractivity contribution >= 4 is 0 Å². The highest BCUT2D eigenvalue weighted by molar-refractivity contribution is 5.48. The van der Waals surface area contributed by atoms with Crippen molar-refractivity contribution in [2.45, 2.75) is 33.1 Å². The van der Waals surface area contributed by atoms with Crippen molar-refractivity contribution in [1.82, 2.24) is 0 Å². The van der Waals surface area contributed by atoms with E-state index in [1.807, 2.05) is 6.92 Å². The van der Waals surface area contributed by atoms with E-state index < -0.39 is 0 Å². The fourth-order valence-electron chi connectivity index (χ4n) is 1.85. The molecule has 0 heterocycles. The van der Waals surface area contributed by atoms with Gasteiger partial charge < -0.3 is 4.74 Å². The van der Waals surface area contributed by atoms with E-state index in [0.717, 1.165) is 16.9 Å². The summed E-state index contributed by atoms with van der Waals surface area (Å²) in [4.78, 5) is 0. The molecule has 0 saturated carbocycles. The van der Waals surface area contributed by atoms with Gasteiger partial charge in [-0.1, -0.05) is 26.0 Å². The summed E-state index contributed by atoms with van der Waals surface area (Å²) in [6.07, 6.45) is 0.415. The Kier molecular flexibility index (Phi) is 3.74. The van der Waals surface area contributed by atoms with Gasteiger partial charge in [0.25, 0.3) is 0 Å². The number of nitrogens with zero attached hydrogens (tertiary/aromatic N) is 1. The third-order valence-corrected chi connectivity index (χ3v) is 2.58. The van der Waals surface area contributed by atoms with Crippen molar-refractivity contribution in [3.63, 3.8) is 0 Å². The maximum absolute atomic E-state index is 8.83. The minimum atomic E-state index is 0.415. The third kappa shape index (κ3) is 2.30. The smallest absolute Gasteiger partial charge is 0.126 e. The predicted molar refractivity (Wildman–Crippen MR) is 61.1 cm³/mol. The van der Waals surface area contributed by atoms with Crippen LogP contribution in [0.5, 0.6) is 5.75 Å². The van der Waals surface area contributed by atoms with Gasteiger partial charge in [-0.15, -0.1) is 0 Å². The molecule has 0 aliphatic rings. The van der Waals surface area contributed by atoms with E-state index in [1.54, 1.807) is 7.11 Å². The molecule has 2 nitrogen and oxygen atoms in total. The van der Waals surface area contributed by atoms with Gasteiger partial charge in [-0.3, -0.25) is 0 Å². The Bertz CT molecular complexity index is 388. The molecule has 15 heavy (non-hydrogen) atoms. The Hall–Kier alpha value is -1.49. The summed E-state index contributed by atoms with van der Waals surface area (Å²) in [5, 5.41) is 8.83. The molecule has 0 radical (unpaired) electrons. The Morgan fingerprint density at radius 3 is 2.53 bits per heavy atom. The molecular formula is C13H17NO. The van der Waals surface area contributed by atoms with E-state index >= 15 is 0 Å². The quantitative estimate of drug-likeness (QED) is 0.755. The molecule has 0 aliphatic heterocycles. The van der Waals surface area contributed by atoms with E-state index in [9.17, 15) is 0 Å². The molecule has 0 unspecified atom stereocenters. The molecule has 0 aliphatic carbocycles. The highest BCUT2D eigenvalue weighted by atomic mass is 16.5. The molecule has 2 heteroatoms. The van der Waals surface area contributed by atoms with E-state index in [-0.39, 0.29) is 0 Å². The minimum Gasteiger partial charge on any atom is -0.496 e. The molecule has 0 atom stereocenters. The van der Waals surface area contributed by atoms with Gasteiger partial charge in [0.15, 0.2) is 0 Å². The van der Waals surface area contributed by atoms with Gasteiger partial charge in [0.05, 0.1) is 19.6 Å². The van der Waals surface area contributed by atoms with Crippen molar-refractivity contribution in [3.05, 3.63) is 28.8 Å². The van der Waals surface area contributed by atoms with Crippen molar-refractivity contribution in [2.24, 2.45) is 0 Å². The monoisotopic (exact) mass is 203 g/mol.